The molecule has 82 valence electrons. The van der Waals surface area contributed by atoms with Crippen molar-refractivity contribution in [2.45, 2.75) is 12.5 Å². The molecule has 0 bridgehead atoms. The normalized spacial score (nSPS) is 11.9. The van der Waals surface area contributed by atoms with Gasteiger partial charge < -0.3 is 10.5 Å². The Bertz CT molecular complexity index is 341. The zero-order chi connectivity index (χ0) is 11.3. The largest absolute Gasteiger partial charge is 0.497 e. The Hall–Kier alpha value is -1.59. The summed E-state index contributed by atoms with van der Waals surface area (Å²) in [6.07, 6.45) is 0.431. The smallest absolute Gasteiger partial charge is 0.251 e. The number of hydrogen-bond donors (Lipinski definition) is 3. The quantitative estimate of drug-likeness (QED) is 0.356. The summed E-state index contributed by atoms with van der Waals surface area (Å²) in [5.74, 6) is 5.34. The molecule has 0 heterocycles. The lowest BCUT2D eigenvalue weighted by Crippen LogP contribution is -2.45. The van der Waals surface area contributed by atoms with E-state index in [1.165, 1.54) is 0 Å². The molecule has 0 aliphatic rings. The molecule has 0 aromatic heterocycles. The fourth-order valence-electron chi connectivity index (χ4n) is 1.25. The minimum Gasteiger partial charge on any atom is -0.497 e. The van der Waals surface area contributed by atoms with Crippen LogP contribution in [0.3, 0.4) is 0 Å². The van der Waals surface area contributed by atoms with Gasteiger partial charge in [-0.05, 0) is 24.1 Å². The molecule has 0 aliphatic heterocycles. The SMILES string of the molecule is COc1cccc(CC(N)C(=O)NN)c1. The van der Waals surface area contributed by atoms with Crippen LogP contribution in [0.2, 0.25) is 0 Å². The Balaban J connectivity index is 2.67. The van der Waals surface area contributed by atoms with Gasteiger partial charge in [-0.3, -0.25) is 10.2 Å². The molecule has 1 aromatic carbocycles. The summed E-state index contributed by atoms with van der Waals surface area (Å²) in [5, 5.41) is 0. The van der Waals surface area contributed by atoms with E-state index < -0.39 is 6.04 Å². The molecule has 5 N–H and O–H groups in total. The summed E-state index contributed by atoms with van der Waals surface area (Å²) < 4.78 is 5.06. The first-order valence-corrected chi connectivity index (χ1v) is 4.56. The highest BCUT2D eigenvalue weighted by Crippen LogP contribution is 2.13. The van der Waals surface area contributed by atoms with Gasteiger partial charge in [0.05, 0.1) is 13.2 Å². The average Bonchev–Trinajstić information content (AvgIpc) is 2.28. The molecule has 5 nitrogen and oxygen atoms in total. The number of nitrogens with one attached hydrogen (secondary N) is 1. The molecule has 0 radical (unpaired) electrons. The van der Waals surface area contributed by atoms with E-state index in [2.05, 4.69) is 0 Å². The van der Waals surface area contributed by atoms with Crippen molar-refractivity contribution in [1.82, 2.24) is 5.43 Å². The van der Waals surface area contributed by atoms with Crippen molar-refractivity contribution in [3.8, 4) is 5.75 Å². The van der Waals surface area contributed by atoms with Crippen molar-refractivity contribution in [2.24, 2.45) is 11.6 Å². The van der Waals surface area contributed by atoms with Crippen LogP contribution in [-0.2, 0) is 11.2 Å². The van der Waals surface area contributed by atoms with Crippen LogP contribution in [0, 0.1) is 0 Å². The maximum absolute atomic E-state index is 11.1. The van der Waals surface area contributed by atoms with Gasteiger partial charge in [0.15, 0.2) is 0 Å². The Labute approximate surface area is 88.4 Å². The number of carbonyl (C=O) groups excluding carboxylic acids is 1. The molecule has 0 fully saturated rings. The lowest BCUT2D eigenvalue weighted by molar-refractivity contribution is -0.122. The fraction of sp³-hybridized carbons (Fsp3) is 0.300. The topological polar surface area (TPSA) is 90.4 Å². The van der Waals surface area contributed by atoms with Crippen LogP contribution in [0.25, 0.3) is 0 Å². The second kappa shape index (κ2) is 5.33. The summed E-state index contributed by atoms with van der Waals surface area (Å²) in [6.45, 7) is 0. The molecule has 0 saturated carbocycles. The highest BCUT2D eigenvalue weighted by atomic mass is 16.5. The van der Waals surface area contributed by atoms with Crippen LogP contribution < -0.4 is 21.7 Å². The average molecular weight is 209 g/mol. The van der Waals surface area contributed by atoms with E-state index in [1.54, 1.807) is 7.11 Å². The van der Waals surface area contributed by atoms with E-state index in [9.17, 15) is 4.79 Å². The molecular formula is C10H15N3O2. The first kappa shape index (κ1) is 11.5. The third-order valence-corrected chi connectivity index (χ3v) is 2.07. The predicted molar refractivity (Wildman–Crippen MR) is 57.0 cm³/mol. The van der Waals surface area contributed by atoms with Crippen LogP contribution in [0.5, 0.6) is 5.75 Å². The Morgan fingerprint density at radius 3 is 2.93 bits per heavy atom. The zero-order valence-electron chi connectivity index (χ0n) is 8.57. The first-order chi connectivity index (χ1) is 7.17. The zero-order valence-corrected chi connectivity index (χ0v) is 8.57. The van der Waals surface area contributed by atoms with Gasteiger partial charge in [-0.25, -0.2) is 5.84 Å². The van der Waals surface area contributed by atoms with Gasteiger partial charge in [0.25, 0.3) is 5.91 Å². The van der Waals surface area contributed by atoms with E-state index in [-0.39, 0.29) is 5.91 Å². The van der Waals surface area contributed by atoms with Crippen LogP contribution in [-0.4, -0.2) is 19.1 Å². The van der Waals surface area contributed by atoms with Crippen molar-refractivity contribution in [1.29, 1.82) is 0 Å². The summed E-state index contributed by atoms with van der Waals surface area (Å²) in [7, 11) is 1.59. The highest BCUT2D eigenvalue weighted by molar-refractivity contribution is 5.81. The Morgan fingerprint density at radius 1 is 1.60 bits per heavy atom. The molecule has 1 rings (SSSR count). The van der Waals surface area contributed by atoms with Gasteiger partial charge in [-0.15, -0.1) is 0 Å². The van der Waals surface area contributed by atoms with E-state index in [4.69, 9.17) is 16.3 Å². The summed E-state index contributed by atoms with van der Waals surface area (Å²) in [5.41, 5.74) is 8.57. The number of carbonyl (C=O) groups is 1. The second-order valence-corrected chi connectivity index (χ2v) is 3.17. The number of amides is 1. The number of hydrogen-bond acceptors (Lipinski definition) is 4. The van der Waals surface area contributed by atoms with Crippen LogP contribution in [0.4, 0.5) is 0 Å². The molecular weight excluding hydrogens is 194 g/mol. The Kier molecular flexibility index (Phi) is 4.08. The molecule has 1 atom stereocenters. The van der Waals surface area contributed by atoms with E-state index in [1.807, 2.05) is 29.7 Å². The molecule has 5 heteroatoms. The van der Waals surface area contributed by atoms with Crippen LogP contribution in [0.15, 0.2) is 24.3 Å². The molecule has 0 aliphatic carbocycles. The van der Waals surface area contributed by atoms with Crippen LogP contribution in [0.1, 0.15) is 5.56 Å². The number of nitrogens with two attached hydrogens (primary N) is 2. The fourth-order valence-corrected chi connectivity index (χ4v) is 1.25. The number of ether oxygens (including phenoxy) is 1. The standard InChI is InChI=1S/C10H15N3O2/c1-15-8-4-2-3-7(5-8)6-9(11)10(14)13-12/h2-5,9H,6,11-12H2,1H3,(H,13,14). The molecule has 0 saturated heterocycles. The monoisotopic (exact) mass is 209 g/mol. The van der Waals surface area contributed by atoms with E-state index in [0.717, 1.165) is 11.3 Å². The summed E-state index contributed by atoms with van der Waals surface area (Å²) in [4.78, 5) is 11.1. The Morgan fingerprint density at radius 2 is 2.33 bits per heavy atom. The maximum atomic E-state index is 11.1. The van der Waals surface area contributed by atoms with Crippen molar-refractivity contribution >= 4 is 5.91 Å². The first-order valence-electron chi connectivity index (χ1n) is 4.56. The van der Waals surface area contributed by atoms with Gasteiger partial charge in [0.1, 0.15) is 5.75 Å². The summed E-state index contributed by atoms with van der Waals surface area (Å²) in [6, 6.07) is 6.76. The maximum Gasteiger partial charge on any atom is 0.251 e. The van der Waals surface area contributed by atoms with Crippen molar-refractivity contribution in [3.63, 3.8) is 0 Å². The summed E-state index contributed by atoms with van der Waals surface area (Å²) >= 11 is 0. The number of rotatable bonds is 4. The molecule has 1 amide bonds. The third kappa shape index (κ3) is 3.23. The van der Waals surface area contributed by atoms with Gasteiger partial charge in [0, 0.05) is 0 Å². The van der Waals surface area contributed by atoms with Crippen molar-refractivity contribution < 1.29 is 9.53 Å². The van der Waals surface area contributed by atoms with Crippen molar-refractivity contribution in [2.75, 3.05) is 7.11 Å². The van der Waals surface area contributed by atoms with E-state index >= 15 is 0 Å². The second-order valence-electron chi connectivity index (χ2n) is 3.17. The predicted octanol–water partition coefficient (Wildman–Crippen LogP) is -0.445. The number of benzene rings is 1. The number of methoxy groups -OCH3 is 1. The minimum absolute atomic E-state index is 0.377. The molecule has 1 aromatic rings. The van der Waals surface area contributed by atoms with Gasteiger partial charge in [0.2, 0.25) is 0 Å². The number of hydrazine groups is 1. The minimum atomic E-state index is -0.637. The van der Waals surface area contributed by atoms with Crippen LogP contribution >= 0.6 is 0 Å². The molecule has 15 heavy (non-hydrogen) atoms. The van der Waals surface area contributed by atoms with Gasteiger partial charge in [-0.2, -0.15) is 0 Å². The van der Waals surface area contributed by atoms with Gasteiger partial charge >= 0.3 is 0 Å². The molecule has 1 unspecified atom stereocenters. The third-order valence-electron chi connectivity index (χ3n) is 2.07. The lowest BCUT2D eigenvalue weighted by Gasteiger charge is -2.10. The molecule has 0 spiro atoms. The van der Waals surface area contributed by atoms with Gasteiger partial charge in [-0.1, -0.05) is 12.1 Å². The van der Waals surface area contributed by atoms with Crippen molar-refractivity contribution in [3.05, 3.63) is 29.8 Å². The van der Waals surface area contributed by atoms with E-state index in [0.29, 0.717) is 6.42 Å². The highest BCUT2D eigenvalue weighted by Gasteiger charge is 2.12. The lowest BCUT2D eigenvalue weighted by atomic mass is 10.1.